The van der Waals surface area contributed by atoms with Crippen LogP contribution in [-0.4, -0.2) is 20.6 Å². The Bertz CT molecular complexity index is 1390. The SMILES string of the molecule is Cc1cc(Cl)ccc1Oc1cc(NC(=O)c2ccn(COc3ccc(Cl)cc3)n2)cc([N+](=O)[O-])c1. The molecule has 0 radical (unpaired) electrons. The number of benzene rings is 3. The zero-order valence-electron chi connectivity index (χ0n) is 18.3. The number of nitrogens with zero attached hydrogens (tertiary/aromatic N) is 3. The van der Waals surface area contributed by atoms with Crippen molar-refractivity contribution in [1.29, 1.82) is 0 Å². The van der Waals surface area contributed by atoms with Crippen molar-refractivity contribution in [2.24, 2.45) is 0 Å². The fourth-order valence-corrected chi connectivity index (χ4v) is 3.45. The molecule has 9 nitrogen and oxygen atoms in total. The van der Waals surface area contributed by atoms with Crippen LogP contribution in [0.2, 0.25) is 10.0 Å². The molecule has 0 aliphatic rings. The Kier molecular flexibility index (Phi) is 7.19. The van der Waals surface area contributed by atoms with Crippen molar-refractivity contribution < 1.29 is 19.2 Å². The number of aryl methyl sites for hydroxylation is 1. The first-order chi connectivity index (χ1) is 16.8. The summed E-state index contributed by atoms with van der Waals surface area (Å²) in [5.41, 5.74) is 0.789. The minimum atomic E-state index is -0.569. The quantitative estimate of drug-likeness (QED) is 0.213. The van der Waals surface area contributed by atoms with Crippen molar-refractivity contribution in [3.8, 4) is 17.2 Å². The Balaban J connectivity index is 1.47. The summed E-state index contributed by atoms with van der Waals surface area (Å²) in [6.45, 7) is 1.87. The van der Waals surface area contributed by atoms with Crippen LogP contribution in [0, 0.1) is 17.0 Å². The van der Waals surface area contributed by atoms with Crippen LogP contribution in [0.1, 0.15) is 16.1 Å². The monoisotopic (exact) mass is 512 g/mol. The Hall–Kier alpha value is -4.08. The highest BCUT2D eigenvalue weighted by molar-refractivity contribution is 6.30. The predicted octanol–water partition coefficient (Wildman–Crippen LogP) is 6.49. The molecule has 0 bridgehead atoms. The fourth-order valence-electron chi connectivity index (χ4n) is 3.10. The first kappa shape index (κ1) is 24.1. The van der Waals surface area contributed by atoms with Gasteiger partial charge in [0.15, 0.2) is 12.4 Å². The van der Waals surface area contributed by atoms with Gasteiger partial charge in [-0.1, -0.05) is 23.2 Å². The van der Waals surface area contributed by atoms with Crippen molar-refractivity contribution in [2.45, 2.75) is 13.7 Å². The number of hydrogen-bond donors (Lipinski definition) is 1. The number of halogens is 2. The van der Waals surface area contributed by atoms with Crippen LogP contribution < -0.4 is 14.8 Å². The number of carbonyl (C=O) groups excluding carboxylic acids is 1. The maximum atomic E-state index is 12.7. The molecular formula is C24H18Cl2N4O5. The second kappa shape index (κ2) is 10.5. The van der Waals surface area contributed by atoms with Gasteiger partial charge in [0.25, 0.3) is 11.6 Å². The second-order valence-corrected chi connectivity index (χ2v) is 8.28. The number of nitrogens with one attached hydrogen (secondary N) is 1. The molecule has 0 spiro atoms. The highest BCUT2D eigenvalue weighted by Gasteiger charge is 2.16. The predicted molar refractivity (Wildman–Crippen MR) is 132 cm³/mol. The molecule has 0 saturated carbocycles. The smallest absolute Gasteiger partial charge is 0.276 e. The first-order valence-corrected chi connectivity index (χ1v) is 11.0. The van der Waals surface area contributed by atoms with Crippen LogP contribution >= 0.6 is 23.2 Å². The molecule has 4 aromatic rings. The van der Waals surface area contributed by atoms with Gasteiger partial charge in [-0.25, -0.2) is 4.68 Å². The van der Waals surface area contributed by atoms with Gasteiger partial charge in [0.1, 0.15) is 17.2 Å². The molecular weight excluding hydrogens is 495 g/mol. The van der Waals surface area contributed by atoms with Gasteiger partial charge in [-0.05, 0) is 61.0 Å². The van der Waals surface area contributed by atoms with Crippen molar-refractivity contribution in [3.63, 3.8) is 0 Å². The van der Waals surface area contributed by atoms with Crippen LogP contribution in [0.25, 0.3) is 0 Å². The van der Waals surface area contributed by atoms with Gasteiger partial charge in [-0.3, -0.25) is 14.9 Å². The number of carbonyl (C=O) groups is 1. The van der Waals surface area contributed by atoms with Crippen LogP contribution in [0.3, 0.4) is 0 Å². The Morgan fingerprint density at radius 2 is 1.77 bits per heavy atom. The highest BCUT2D eigenvalue weighted by atomic mass is 35.5. The zero-order valence-corrected chi connectivity index (χ0v) is 19.8. The summed E-state index contributed by atoms with van der Waals surface area (Å²) in [6.07, 6.45) is 1.58. The van der Waals surface area contributed by atoms with Gasteiger partial charge in [0, 0.05) is 28.4 Å². The fraction of sp³-hybridized carbons (Fsp3) is 0.0833. The number of ether oxygens (including phenoxy) is 2. The van der Waals surface area contributed by atoms with E-state index >= 15 is 0 Å². The molecule has 0 unspecified atom stereocenters. The molecule has 0 saturated heterocycles. The van der Waals surface area contributed by atoms with Crippen LogP contribution in [-0.2, 0) is 6.73 Å². The average molecular weight is 513 g/mol. The number of non-ortho nitro benzene ring substituents is 1. The van der Waals surface area contributed by atoms with E-state index in [0.717, 1.165) is 5.56 Å². The van der Waals surface area contributed by atoms with E-state index < -0.39 is 10.8 Å². The molecule has 1 aromatic heterocycles. The average Bonchev–Trinajstić information content (AvgIpc) is 3.30. The Labute approximate surface area is 210 Å². The van der Waals surface area contributed by atoms with Crippen LogP contribution in [0.4, 0.5) is 11.4 Å². The standard InChI is InChI=1S/C24H18Cl2N4O5/c1-15-10-17(26)4-7-23(15)35-21-12-18(11-19(13-21)30(32)33)27-24(31)22-8-9-29(28-22)14-34-20-5-2-16(25)3-6-20/h2-13H,14H2,1H3,(H,27,31). The summed E-state index contributed by atoms with van der Waals surface area (Å²) in [7, 11) is 0. The van der Waals surface area contributed by atoms with E-state index in [0.29, 0.717) is 21.5 Å². The van der Waals surface area contributed by atoms with Crippen molar-refractivity contribution in [1.82, 2.24) is 9.78 Å². The van der Waals surface area contributed by atoms with Gasteiger partial charge < -0.3 is 14.8 Å². The number of nitro benzene ring substituents is 1. The van der Waals surface area contributed by atoms with Crippen LogP contribution in [0.15, 0.2) is 72.9 Å². The van der Waals surface area contributed by atoms with E-state index in [1.165, 1.54) is 28.9 Å². The number of aromatic nitrogens is 2. The largest absolute Gasteiger partial charge is 0.471 e. The highest BCUT2D eigenvalue weighted by Crippen LogP contribution is 2.32. The summed E-state index contributed by atoms with van der Waals surface area (Å²) in [5.74, 6) is 0.703. The molecule has 0 aliphatic heterocycles. The molecule has 0 atom stereocenters. The normalized spacial score (nSPS) is 10.6. The lowest BCUT2D eigenvalue weighted by molar-refractivity contribution is -0.384. The third-order valence-electron chi connectivity index (χ3n) is 4.78. The van der Waals surface area contributed by atoms with E-state index in [-0.39, 0.29) is 29.5 Å². The maximum Gasteiger partial charge on any atom is 0.276 e. The number of nitro groups is 1. The van der Waals surface area contributed by atoms with Gasteiger partial charge in [0.2, 0.25) is 0 Å². The molecule has 3 aromatic carbocycles. The zero-order chi connectivity index (χ0) is 24.9. The lowest BCUT2D eigenvalue weighted by atomic mass is 10.2. The Morgan fingerprint density at radius 1 is 1.03 bits per heavy atom. The topological polar surface area (TPSA) is 109 Å². The molecule has 11 heteroatoms. The first-order valence-electron chi connectivity index (χ1n) is 10.2. The number of amides is 1. The van der Waals surface area contributed by atoms with E-state index in [1.54, 1.807) is 55.6 Å². The van der Waals surface area contributed by atoms with Crippen molar-refractivity contribution >= 4 is 40.5 Å². The van der Waals surface area contributed by atoms with Gasteiger partial charge in [0.05, 0.1) is 16.7 Å². The van der Waals surface area contributed by atoms with Gasteiger partial charge in [-0.15, -0.1) is 0 Å². The van der Waals surface area contributed by atoms with E-state index in [1.807, 2.05) is 0 Å². The number of rotatable bonds is 8. The summed E-state index contributed by atoms with van der Waals surface area (Å²) in [6, 6.07) is 17.3. The summed E-state index contributed by atoms with van der Waals surface area (Å²) < 4.78 is 12.8. The molecule has 1 amide bonds. The minimum Gasteiger partial charge on any atom is -0.471 e. The molecule has 1 heterocycles. The van der Waals surface area contributed by atoms with E-state index in [9.17, 15) is 14.9 Å². The molecule has 0 aliphatic carbocycles. The van der Waals surface area contributed by atoms with Crippen molar-refractivity contribution in [3.05, 3.63) is 104 Å². The summed E-state index contributed by atoms with van der Waals surface area (Å²) in [5, 5.41) is 19.4. The number of anilines is 1. The molecule has 4 rings (SSSR count). The Morgan fingerprint density at radius 3 is 2.49 bits per heavy atom. The second-order valence-electron chi connectivity index (χ2n) is 7.41. The summed E-state index contributed by atoms with van der Waals surface area (Å²) in [4.78, 5) is 23.6. The lowest BCUT2D eigenvalue weighted by Gasteiger charge is -2.11. The van der Waals surface area contributed by atoms with Crippen LogP contribution in [0.5, 0.6) is 17.2 Å². The third-order valence-corrected chi connectivity index (χ3v) is 5.26. The molecule has 0 fully saturated rings. The maximum absolute atomic E-state index is 12.7. The molecule has 1 N–H and O–H groups in total. The van der Waals surface area contributed by atoms with E-state index in [4.69, 9.17) is 32.7 Å². The third kappa shape index (κ3) is 6.28. The lowest BCUT2D eigenvalue weighted by Crippen LogP contribution is -2.14. The summed E-state index contributed by atoms with van der Waals surface area (Å²) >= 11 is 11.8. The number of hydrogen-bond acceptors (Lipinski definition) is 6. The molecule has 178 valence electrons. The minimum absolute atomic E-state index is 0.0736. The molecule has 35 heavy (non-hydrogen) atoms. The van der Waals surface area contributed by atoms with Gasteiger partial charge in [-0.2, -0.15) is 5.10 Å². The van der Waals surface area contributed by atoms with E-state index in [2.05, 4.69) is 10.4 Å². The van der Waals surface area contributed by atoms with Crippen molar-refractivity contribution in [2.75, 3.05) is 5.32 Å². The van der Waals surface area contributed by atoms with Gasteiger partial charge >= 0.3 is 0 Å².